The van der Waals surface area contributed by atoms with Crippen LogP contribution in [0.1, 0.15) is 28.8 Å². The van der Waals surface area contributed by atoms with E-state index in [1.54, 1.807) is 18.2 Å². The average Bonchev–Trinajstić information content (AvgIpc) is 3.40. The zero-order valence-electron chi connectivity index (χ0n) is 18.8. The van der Waals surface area contributed by atoms with Gasteiger partial charge in [0.15, 0.2) is 0 Å². The van der Waals surface area contributed by atoms with Crippen molar-refractivity contribution in [2.75, 3.05) is 16.0 Å². The second-order valence-electron chi connectivity index (χ2n) is 8.31. The Morgan fingerprint density at radius 2 is 1.51 bits per heavy atom. The van der Waals surface area contributed by atoms with Crippen molar-refractivity contribution >= 4 is 92.8 Å². The molecule has 1 saturated carbocycles. The molecule has 0 aliphatic heterocycles. The van der Waals surface area contributed by atoms with Gasteiger partial charge in [-0.15, -0.1) is 23.2 Å². The monoisotopic (exact) mass is 601 g/mol. The molecule has 0 saturated heterocycles. The Morgan fingerprint density at radius 1 is 0.811 bits per heavy atom. The number of nitrogens with one attached hydrogen (secondary N) is 3. The van der Waals surface area contributed by atoms with Gasteiger partial charge in [-0.05, 0) is 54.1 Å². The third-order valence-corrected chi connectivity index (χ3v) is 7.67. The number of amides is 3. The predicted molar refractivity (Wildman–Crippen MR) is 146 cm³/mol. The van der Waals surface area contributed by atoms with Crippen molar-refractivity contribution < 1.29 is 18.8 Å². The quantitative estimate of drug-likeness (QED) is 0.255. The molecule has 2 unspecified atom stereocenters. The van der Waals surface area contributed by atoms with Gasteiger partial charge in [0.25, 0.3) is 5.91 Å². The average molecular weight is 604 g/mol. The highest BCUT2D eigenvalue weighted by Gasteiger charge is 2.67. The lowest BCUT2D eigenvalue weighted by molar-refractivity contribution is -0.117. The Labute approximate surface area is 236 Å². The van der Waals surface area contributed by atoms with Crippen molar-refractivity contribution in [1.29, 1.82) is 0 Å². The fourth-order valence-electron chi connectivity index (χ4n) is 3.88. The molecule has 3 aromatic carbocycles. The Hall–Kier alpha value is -2.55. The molecule has 3 N–H and O–H groups in total. The summed E-state index contributed by atoms with van der Waals surface area (Å²) >= 11 is 31.1. The van der Waals surface area contributed by atoms with E-state index in [9.17, 15) is 18.8 Å². The van der Waals surface area contributed by atoms with Crippen LogP contribution in [0.3, 0.4) is 0 Å². The molecule has 4 rings (SSSR count). The van der Waals surface area contributed by atoms with Gasteiger partial charge in [0.2, 0.25) is 11.8 Å². The van der Waals surface area contributed by atoms with Crippen molar-refractivity contribution in [2.45, 2.75) is 17.2 Å². The van der Waals surface area contributed by atoms with Gasteiger partial charge < -0.3 is 16.0 Å². The van der Waals surface area contributed by atoms with Crippen LogP contribution in [0.25, 0.3) is 0 Å². The molecule has 3 aromatic rings. The first-order valence-corrected chi connectivity index (χ1v) is 12.6. The number of hydrogen-bond donors (Lipinski definition) is 3. The second-order valence-corrected chi connectivity index (χ2v) is 11.0. The number of carbonyl (C=O) groups is 3. The van der Waals surface area contributed by atoms with E-state index in [4.69, 9.17) is 58.0 Å². The first-order chi connectivity index (χ1) is 17.4. The van der Waals surface area contributed by atoms with E-state index in [1.165, 1.54) is 31.2 Å². The molecule has 6 nitrogen and oxygen atoms in total. The minimum atomic E-state index is -1.36. The molecular formula is C25H17Cl5FN3O3. The maximum absolute atomic E-state index is 13.6. The highest BCUT2D eigenvalue weighted by atomic mass is 35.5. The van der Waals surface area contributed by atoms with E-state index in [1.807, 2.05) is 0 Å². The Morgan fingerprint density at radius 3 is 2.19 bits per heavy atom. The molecule has 1 aliphatic carbocycles. The number of alkyl halides is 2. The van der Waals surface area contributed by atoms with Gasteiger partial charge >= 0.3 is 0 Å². The van der Waals surface area contributed by atoms with Crippen molar-refractivity contribution in [1.82, 2.24) is 0 Å². The molecule has 0 radical (unpaired) electrons. The van der Waals surface area contributed by atoms with Crippen LogP contribution in [0, 0.1) is 11.7 Å². The van der Waals surface area contributed by atoms with Gasteiger partial charge in [-0.25, -0.2) is 4.39 Å². The number of halogens is 6. The SMILES string of the molecule is CC(=O)Nc1cc(F)ccc1NC(=O)c1cc(NC(=O)C2C(c3ccc(Cl)c(Cl)c3)C2(Cl)Cl)ccc1Cl. The van der Waals surface area contributed by atoms with Crippen molar-refractivity contribution in [3.8, 4) is 0 Å². The third-order valence-electron chi connectivity index (χ3n) is 5.66. The van der Waals surface area contributed by atoms with Gasteiger partial charge in [0, 0.05) is 18.5 Å². The van der Waals surface area contributed by atoms with E-state index < -0.39 is 39.7 Å². The zero-order valence-corrected chi connectivity index (χ0v) is 22.6. The van der Waals surface area contributed by atoms with Crippen LogP contribution in [0.5, 0.6) is 0 Å². The molecule has 0 bridgehead atoms. The normalized spacial score (nSPS) is 17.6. The topological polar surface area (TPSA) is 87.3 Å². The fourth-order valence-corrected chi connectivity index (χ4v) is 5.22. The molecule has 12 heteroatoms. The Balaban J connectivity index is 1.52. The minimum absolute atomic E-state index is 0.0254. The summed E-state index contributed by atoms with van der Waals surface area (Å²) in [6.07, 6.45) is 0. The van der Waals surface area contributed by atoms with E-state index in [0.717, 1.165) is 12.1 Å². The van der Waals surface area contributed by atoms with Crippen LogP contribution in [0.15, 0.2) is 54.6 Å². The number of rotatable bonds is 6. The molecular weight excluding hydrogens is 587 g/mol. The second kappa shape index (κ2) is 10.7. The van der Waals surface area contributed by atoms with Crippen molar-refractivity contribution in [3.05, 3.63) is 86.6 Å². The summed E-state index contributed by atoms with van der Waals surface area (Å²) in [5, 5.41) is 8.51. The van der Waals surface area contributed by atoms with Gasteiger partial charge in [0.05, 0.1) is 37.9 Å². The summed E-state index contributed by atoms with van der Waals surface area (Å²) in [7, 11) is 0. The maximum atomic E-state index is 13.6. The van der Waals surface area contributed by atoms with Crippen LogP contribution in [-0.2, 0) is 9.59 Å². The van der Waals surface area contributed by atoms with E-state index in [-0.39, 0.29) is 27.6 Å². The zero-order chi connectivity index (χ0) is 27.1. The summed E-state index contributed by atoms with van der Waals surface area (Å²) in [4.78, 5) is 37.4. The maximum Gasteiger partial charge on any atom is 0.257 e. The molecule has 2 atom stereocenters. The van der Waals surface area contributed by atoms with Crippen LogP contribution in [0.4, 0.5) is 21.5 Å². The molecule has 192 valence electrons. The number of carbonyl (C=O) groups excluding carboxylic acids is 3. The number of benzene rings is 3. The Bertz CT molecular complexity index is 1430. The van der Waals surface area contributed by atoms with Crippen LogP contribution >= 0.6 is 58.0 Å². The van der Waals surface area contributed by atoms with Crippen molar-refractivity contribution in [3.63, 3.8) is 0 Å². The van der Waals surface area contributed by atoms with Gasteiger partial charge in [-0.2, -0.15) is 0 Å². The lowest BCUT2D eigenvalue weighted by atomic mass is 10.1. The molecule has 0 spiro atoms. The smallest absolute Gasteiger partial charge is 0.257 e. The van der Waals surface area contributed by atoms with Gasteiger partial charge in [-0.1, -0.05) is 40.9 Å². The molecule has 37 heavy (non-hydrogen) atoms. The van der Waals surface area contributed by atoms with E-state index in [2.05, 4.69) is 16.0 Å². The summed E-state index contributed by atoms with van der Waals surface area (Å²) in [6, 6.07) is 12.7. The molecule has 0 aromatic heterocycles. The lowest BCUT2D eigenvalue weighted by Gasteiger charge is -2.13. The Kier molecular flexibility index (Phi) is 7.93. The fraction of sp³-hybridized carbons (Fsp3) is 0.160. The van der Waals surface area contributed by atoms with Gasteiger partial charge in [-0.3, -0.25) is 14.4 Å². The largest absolute Gasteiger partial charge is 0.326 e. The summed E-state index contributed by atoms with van der Waals surface area (Å²) < 4.78 is 12.3. The van der Waals surface area contributed by atoms with Crippen LogP contribution in [0.2, 0.25) is 15.1 Å². The molecule has 1 aliphatic rings. The first kappa shape index (κ1) is 27.5. The van der Waals surface area contributed by atoms with Crippen LogP contribution in [-0.4, -0.2) is 22.1 Å². The third kappa shape index (κ3) is 5.97. The van der Waals surface area contributed by atoms with Crippen molar-refractivity contribution in [2.24, 2.45) is 5.92 Å². The van der Waals surface area contributed by atoms with Crippen LogP contribution < -0.4 is 16.0 Å². The van der Waals surface area contributed by atoms with E-state index in [0.29, 0.717) is 15.6 Å². The number of anilines is 3. The number of hydrogen-bond acceptors (Lipinski definition) is 3. The predicted octanol–water partition coefficient (Wildman–Crippen LogP) is 7.52. The highest BCUT2D eigenvalue weighted by Crippen LogP contribution is 2.65. The summed E-state index contributed by atoms with van der Waals surface area (Å²) in [6.45, 7) is 1.25. The van der Waals surface area contributed by atoms with E-state index >= 15 is 0 Å². The lowest BCUT2D eigenvalue weighted by Crippen LogP contribution is -2.19. The molecule has 0 heterocycles. The summed E-state index contributed by atoms with van der Waals surface area (Å²) in [5.74, 6) is -3.48. The first-order valence-electron chi connectivity index (χ1n) is 10.7. The standard InChI is InChI=1S/C25H17Cl5FN3O3/c1-11(35)32-20-9-13(31)3-7-19(20)34-23(36)15-10-14(4-6-16(15)26)33-24(37)22-21(25(22,29)30)12-2-5-17(27)18(28)8-12/h2-10,21-22H,1H3,(H,32,35)(H,33,37)(H,34,36). The highest BCUT2D eigenvalue weighted by molar-refractivity contribution is 6.53. The van der Waals surface area contributed by atoms with Gasteiger partial charge in [0.1, 0.15) is 10.2 Å². The minimum Gasteiger partial charge on any atom is -0.326 e. The molecule has 1 fully saturated rings. The summed E-state index contributed by atoms with van der Waals surface area (Å²) in [5.41, 5.74) is 1.18. The molecule has 3 amide bonds.